The molecule has 1 aliphatic heterocycles. The number of imidazole rings is 1. The lowest BCUT2D eigenvalue weighted by Crippen LogP contribution is -2.39. The Morgan fingerprint density at radius 3 is 2.66 bits per heavy atom. The number of aliphatic hydroxyl groups is 1. The zero-order chi connectivity index (χ0) is 30.8. The van der Waals surface area contributed by atoms with Crippen molar-refractivity contribution in [3.63, 3.8) is 0 Å². The molecule has 3 heterocycles. The maximum atomic E-state index is 15.6. The van der Waals surface area contributed by atoms with E-state index in [1.807, 2.05) is 0 Å². The lowest BCUT2D eigenvalue weighted by molar-refractivity contribution is -0.149. The Morgan fingerprint density at radius 1 is 1.34 bits per heavy atom. The second-order valence-electron chi connectivity index (χ2n) is 10.6. The first-order valence-corrected chi connectivity index (χ1v) is 16.7. The minimum absolute atomic E-state index is 0.00409. The molecule has 1 aliphatic rings. The number of nitrogens with two attached hydrogens (primary N) is 1. The van der Waals surface area contributed by atoms with E-state index in [4.69, 9.17) is 47.7 Å². The number of carbonyl (C=O) groups is 2. The molecule has 0 radical (unpaired) electrons. The Morgan fingerprint density at radius 2 is 2.02 bits per heavy atom. The van der Waals surface area contributed by atoms with E-state index in [1.54, 1.807) is 34.6 Å². The van der Waals surface area contributed by atoms with Crippen LogP contribution in [-0.4, -0.2) is 84.2 Å². The molecular formula is C23H35ClFN6O7PS2. The number of aliphatic hydroxyl groups excluding tert-OH is 1. The molecule has 0 aromatic carbocycles. The molecule has 0 amide bonds. The quantitative estimate of drug-likeness (QED) is 0.132. The molecule has 0 spiro atoms. The summed E-state index contributed by atoms with van der Waals surface area (Å²) < 4.78 is 39.5. The van der Waals surface area contributed by atoms with Crippen LogP contribution >= 0.6 is 30.0 Å². The number of esters is 1. The van der Waals surface area contributed by atoms with Gasteiger partial charge in [0.1, 0.15) is 30.1 Å². The SMILES string of the molecule is CC(C)OC(=O)[C@H](C)NP(=S)(OCCSC(=O)C(C)(C)C)OC[C@H]1O[C@@H](n2cnc3c(N)ncnc32)[C@@](F)(Cl)[C@@H]1O. The van der Waals surface area contributed by atoms with Gasteiger partial charge in [0.25, 0.3) is 11.8 Å². The Hall–Kier alpha value is -1.49. The van der Waals surface area contributed by atoms with Crippen molar-refractivity contribution in [2.24, 2.45) is 5.41 Å². The van der Waals surface area contributed by atoms with E-state index in [1.165, 1.54) is 24.1 Å². The van der Waals surface area contributed by atoms with E-state index in [0.717, 1.165) is 11.8 Å². The molecule has 2 aromatic heterocycles. The Kier molecular flexibility index (Phi) is 11.1. The first-order chi connectivity index (χ1) is 19.0. The molecule has 4 N–H and O–H groups in total. The van der Waals surface area contributed by atoms with E-state index < -0.39 is 54.2 Å². The zero-order valence-electron chi connectivity index (χ0n) is 23.4. The van der Waals surface area contributed by atoms with Gasteiger partial charge in [-0.25, -0.2) is 24.4 Å². The maximum absolute atomic E-state index is 15.6. The first-order valence-electron chi connectivity index (χ1n) is 12.6. The molecule has 2 aromatic rings. The fourth-order valence-electron chi connectivity index (χ4n) is 3.56. The molecule has 230 valence electrons. The number of alkyl halides is 2. The summed E-state index contributed by atoms with van der Waals surface area (Å²) in [5.74, 6) is -0.251. The van der Waals surface area contributed by atoms with Gasteiger partial charge in [-0.3, -0.25) is 14.2 Å². The Labute approximate surface area is 251 Å². The van der Waals surface area contributed by atoms with Crippen LogP contribution in [0.25, 0.3) is 11.2 Å². The predicted octanol–water partition coefficient (Wildman–Crippen LogP) is 3.06. The van der Waals surface area contributed by atoms with E-state index in [9.17, 15) is 14.7 Å². The minimum atomic E-state index is -3.47. The molecule has 13 nitrogen and oxygen atoms in total. The first kappa shape index (κ1) is 34.0. The van der Waals surface area contributed by atoms with Gasteiger partial charge in [0.15, 0.2) is 22.8 Å². The van der Waals surface area contributed by atoms with Crippen LogP contribution in [0.3, 0.4) is 0 Å². The van der Waals surface area contributed by atoms with Gasteiger partial charge in [-0.15, -0.1) is 0 Å². The summed E-state index contributed by atoms with van der Waals surface area (Å²) in [6.07, 6.45) is -2.70. The van der Waals surface area contributed by atoms with Gasteiger partial charge >= 0.3 is 5.97 Å². The third kappa shape index (κ3) is 8.33. The van der Waals surface area contributed by atoms with Gasteiger partial charge in [-0.2, -0.15) is 0 Å². The maximum Gasteiger partial charge on any atom is 0.323 e. The predicted molar refractivity (Wildman–Crippen MR) is 156 cm³/mol. The molecule has 18 heteroatoms. The molecule has 1 saturated heterocycles. The summed E-state index contributed by atoms with van der Waals surface area (Å²) in [4.78, 5) is 36.7. The van der Waals surface area contributed by atoms with Gasteiger partial charge in [-0.1, -0.05) is 44.1 Å². The fraction of sp³-hybridized carbons (Fsp3) is 0.696. The lowest BCUT2D eigenvalue weighted by Gasteiger charge is -2.28. The number of nitrogen functional groups attached to an aromatic ring is 1. The molecule has 3 rings (SSSR count). The van der Waals surface area contributed by atoms with Crippen LogP contribution in [0.2, 0.25) is 0 Å². The molecule has 41 heavy (non-hydrogen) atoms. The van der Waals surface area contributed by atoms with Crippen molar-refractivity contribution in [1.29, 1.82) is 0 Å². The van der Waals surface area contributed by atoms with Crippen molar-refractivity contribution < 1.29 is 37.6 Å². The average Bonchev–Trinajstić information content (AvgIpc) is 3.38. The third-order valence-electron chi connectivity index (χ3n) is 5.68. The number of rotatable bonds is 12. The number of aromatic nitrogens is 4. The van der Waals surface area contributed by atoms with Crippen molar-refractivity contribution in [3.05, 3.63) is 12.7 Å². The summed E-state index contributed by atoms with van der Waals surface area (Å²) in [5.41, 5.74) is 5.63. The Balaban J connectivity index is 1.74. The topological polar surface area (TPSA) is 173 Å². The summed E-state index contributed by atoms with van der Waals surface area (Å²) in [6, 6.07) is -0.926. The summed E-state index contributed by atoms with van der Waals surface area (Å²) in [7, 11) is 0. The molecule has 6 atom stereocenters. The van der Waals surface area contributed by atoms with Crippen LogP contribution in [0.15, 0.2) is 12.7 Å². The highest BCUT2D eigenvalue weighted by Gasteiger charge is 2.58. The summed E-state index contributed by atoms with van der Waals surface area (Å²) in [6.45, 7) is 6.41. The summed E-state index contributed by atoms with van der Waals surface area (Å²) >= 11 is 12.8. The van der Waals surface area contributed by atoms with Crippen LogP contribution in [-0.2, 0) is 39.9 Å². The van der Waals surface area contributed by atoms with E-state index in [2.05, 4.69) is 20.0 Å². The number of thioether (sulfide) groups is 1. The minimum Gasteiger partial charge on any atom is -0.462 e. The Bertz CT molecular complexity index is 1300. The monoisotopic (exact) mass is 656 g/mol. The van der Waals surface area contributed by atoms with Gasteiger partial charge in [-0.05, 0) is 32.6 Å². The van der Waals surface area contributed by atoms with Gasteiger partial charge < -0.3 is 29.4 Å². The van der Waals surface area contributed by atoms with Gasteiger partial charge in [0, 0.05) is 11.2 Å². The van der Waals surface area contributed by atoms with Gasteiger partial charge in [0.05, 0.1) is 25.6 Å². The number of hydrogen-bond donors (Lipinski definition) is 3. The van der Waals surface area contributed by atoms with Crippen molar-refractivity contribution >= 4 is 69.9 Å². The van der Waals surface area contributed by atoms with Crippen molar-refractivity contribution in [1.82, 2.24) is 24.6 Å². The van der Waals surface area contributed by atoms with Crippen LogP contribution in [0.1, 0.15) is 47.8 Å². The largest absolute Gasteiger partial charge is 0.462 e. The molecule has 0 bridgehead atoms. The highest BCUT2D eigenvalue weighted by atomic mass is 35.5. The number of ether oxygens (including phenoxy) is 2. The zero-order valence-corrected chi connectivity index (χ0v) is 26.7. The second kappa shape index (κ2) is 13.4. The van der Waals surface area contributed by atoms with Crippen molar-refractivity contribution in [2.75, 3.05) is 24.7 Å². The molecular weight excluding hydrogens is 622 g/mol. The molecule has 1 unspecified atom stereocenters. The van der Waals surface area contributed by atoms with E-state index in [-0.39, 0.29) is 40.6 Å². The van der Waals surface area contributed by atoms with E-state index in [0.29, 0.717) is 0 Å². The molecule has 0 saturated carbocycles. The van der Waals surface area contributed by atoms with Crippen LogP contribution in [0.5, 0.6) is 0 Å². The average molecular weight is 657 g/mol. The summed E-state index contributed by atoms with van der Waals surface area (Å²) in [5, 5.41) is 10.7. The number of fused-ring (bicyclic) bond motifs is 1. The number of nitrogens with one attached hydrogen (secondary N) is 1. The van der Waals surface area contributed by atoms with Crippen LogP contribution in [0, 0.1) is 5.41 Å². The van der Waals surface area contributed by atoms with Crippen LogP contribution in [0.4, 0.5) is 10.2 Å². The highest BCUT2D eigenvalue weighted by molar-refractivity contribution is 8.13. The lowest BCUT2D eigenvalue weighted by atomic mass is 10.00. The standard InChI is InChI=1S/C23H35ClFN6O7PS2/c1-12(2)37-19(33)13(3)30-39(40,35-7-8-41-21(34)22(4,5)6)36-9-14-16(32)23(24,25)20(38-14)31-11-29-15-17(26)27-10-28-18(15)31/h10-14,16,20,32H,7-9H2,1-6H3,(H,30,40)(H2,26,27,28)/t13-,14+,16+,20+,23+,39?/m0/s1. The van der Waals surface area contributed by atoms with E-state index >= 15 is 4.39 Å². The third-order valence-corrected chi connectivity index (χ3v) is 9.99. The number of hydrogen-bond acceptors (Lipinski definition) is 13. The smallest absolute Gasteiger partial charge is 0.323 e. The van der Waals surface area contributed by atoms with Crippen LogP contribution < -0.4 is 10.8 Å². The number of carbonyl (C=O) groups excluding carboxylic acids is 2. The fourth-order valence-corrected chi connectivity index (χ4v) is 7.13. The normalized spacial score (nSPS) is 25.4. The number of halogens is 2. The molecule has 0 aliphatic carbocycles. The van der Waals surface area contributed by atoms with Crippen molar-refractivity contribution in [3.8, 4) is 0 Å². The van der Waals surface area contributed by atoms with Crippen molar-refractivity contribution in [2.45, 2.75) is 77.3 Å². The van der Waals surface area contributed by atoms with Gasteiger partial charge in [0.2, 0.25) is 0 Å². The second-order valence-corrected chi connectivity index (χ2v) is 15.4. The number of anilines is 1. The number of nitrogens with zero attached hydrogens (tertiary/aromatic N) is 4. The highest BCUT2D eigenvalue weighted by Crippen LogP contribution is 2.49. The molecule has 1 fully saturated rings.